The number of fused-ring (bicyclic) bond motifs is 2. The lowest BCUT2D eigenvalue weighted by Crippen LogP contribution is -2.21. The molecule has 148 valence electrons. The van der Waals surface area contributed by atoms with Gasteiger partial charge in [0.2, 0.25) is 0 Å². The van der Waals surface area contributed by atoms with Crippen LogP contribution in [0, 0.1) is 10.1 Å². The second-order valence-electron chi connectivity index (χ2n) is 6.56. The molecule has 3 aromatic carbocycles. The fourth-order valence-electron chi connectivity index (χ4n) is 3.35. The van der Waals surface area contributed by atoms with E-state index >= 15 is 0 Å². The quantitative estimate of drug-likeness (QED) is 0.412. The van der Waals surface area contributed by atoms with E-state index in [0.29, 0.717) is 11.1 Å². The Hall–Kier alpha value is -4.33. The zero-order valence-corrected chi connectivity index (χ0v) is 15.7. The van der Waals surface area contributed by atoms with E-state index in [1.54, 1.807) is 24.3 Å². The van der Waals surface area contributed by atoms with Gasteiger partial charge in [-0.1, -0.05) is 24.3 Å². The molecule has 0 bridgehead atoms. The van der Waals surface area contributed by atoms with E-state index in [0.717, 1.165) is 6.07 Å². The van der Waals surface area contributed by atoms with Crippen molar-refractivity contribution in [3.05, 3.63) is 98.6 Å². The number of methoxy groups -OCH3 is 1. The van der Waals surface area contributed by atoms with E-state index in [2.05, 4.69) is 5.32 Å². The van der Waals surface area contributed by atoms with Gasteiger partial charge in [0.1, 0.15) is 0 Å². The molecule has 0 saturated carbocycles. The molecule has 1 aliphatic rings. The van der Waals surface area contributed by atoms with Gasteiger partial charge in [0.15, 0.2) is 17.3 Å². The molecule has 8 nitrogen and oxygen atoms in total. The predicted molar refractivity (Wildman–Crippen MR) is 107 cm³/mol. The number of nitro groups is 1. The summed E-state index contributed by atoms with van der Waals surface area (Å²) in [6, 6.07) is 14.8. The van der Waals surface area contributed by atoms with Crippen LogP contribution in [0.5, 0.6) is 5.75 Å². The van der Waals surface area contributed by atoms with Crippen molar-refractivity contribution in [1.29, 1.82) is 0 Å². The smallest absolute Gasteiger partial charge is 0.311 e. The van der Waals surface area contributed by atoms with Crippen molar-refractivity contribution in [3.8, 4) is 5.75 Å². The van der Waals surface area contributed by atoms with Crippen molar-refractivity contribution in [2.24, 2.45) is 0 Å². The van der Waals surface area contributed by atoms with Crippen LogP contribution in [-0.4, -0.2) is 29.5 Å². The molecule has 30 heavy (non-hydrogen) atoms. The number of nitro benzene ring substituents is 1. The van der Waals surface area contributed by atoms with Crippen LogP contribution in [-0.2, 0) is 0 Å². The van der Waals surface area contributed by atoms with Crippen LogP contribution < -0.4 is 10.1 Å². The maximum atomic E-state index is 12.8. The molecule has 0 radical (unpaired) electrons. The highest BCUT2D eigenvalue weighted by Crippen LogP contribution is 2.30. The van der Waals surface area contributed by atoms with Crippen molar-refractivity contribution < 1.29 is 24.0 Å². The number of carbonyl (C=O) groups excluding carboxylic acids is 3. The van der Waals surface area contributed by atoms with Gasteiger partial charge in [-0.25, -0.2) is 0 Å². The number of nitrogens with zero attached hydrogens (tertiary/aromatic N) is 1. The summed E-state index contributed by atoms with van der Waals surface area (Å²) in [6.45, 7) is 0. The number of hydrogen-bond acceptors (Lipinski definition) is 6. The van der Waals surface area contributed by atoms with Gasteiger partial charge in [0.25, 0.3) is 5.91 Å². The first-order valence-corrected chi connectivity index (χ1v) is 8.87. The monoisotopic (exact) mass is 402 g/mol. The number of rotatable bonds is 4. The van der Waals surface area contributed by atoms with Gasteiger partial charge >= 0.3 is 5.69 Å². The molecule has 0 saturated heterocycles. The number of benzene rings is 3. The van der Waals surface area contributed by atoms with Gasteiger partial charge in [-0.15, -0.1) is 0 Å². The minimum absolute atomic E-state index is 0.0353. The Labute approximate surface area is 170 Å². The second kappa shape index (κ2) is 7.25. The summed E-state index contributed by atoms with van der Waals surface area (Å²) in [6.07, 6.45) is 0. The Kier molecular flexibility index (Phi) is 4.59. The molecular weight excluding hydrogens is 388 g/mol. The maximum Gasteiger partial charge on any atom is 0.311 e. The third-order valence-electron chi connectivity index (χ3n) is 4.82. The minimum atomic E-state index is -0.643. The van der Waals surface area contributed by atoms with E-state index in [4.69, 9.17) is 4.74 Å². The molecule has 1 amide bonds. The summed E-state index contributed by atoms with van der Waals surface area (Å²) < 4.78 is 4.93. The molecule has 3 aromatic rings. The highest BCUT2D eigenvalue weighted by atomic mass is 16.6. The number of hydrogen-bond donors (Lipinski definition) is 1. The molecule has 0 aliphatic heterocycles. The highest BCUT2D eigenvalue weighted by molar-refractivity contribution is 6.28. The minimum Gasteiger partial charge on any atom is -0.490 e. The normalized spacial score (nSPS) is 12.0. The van der Waals surface area contributed by atoms with Crippen LogP contribution in [0.15, 0.2) is 60.7 Å². The van der Waals surface area contributed by atoms with E-state index in [1.807, 2.05) is 0 Å². The van der Waals surface area contributed by atoms with Crippen LogP contribution in [0.25, 0.3) is 0 Å². The number of anilines is 1. The van der Waals surface area contributed by atoms with Crippen molar-refractivity contribution >= 4 is 28.8 Å². The lowest BCUT2D eigenvalue weighted by atomic mass is 9.84. The van der Waals surface area contributed by atoms with Gasteiger partial charge in [-0.05, 0) is 30.3 Å². The summed E-state index contributed by atoms with van der Waals surface area (Å²) in [5.74, 6) is -1.14. The van der Waals surface area contributed by atoms with Gasteiger partial charge < -0.3 is 10.1 Å². The lowest BCUT2D eigenvalue weighted by Gasteiger charge is -2.18. The van der Waals surface area contributed by atoms with Crippen molar-refractivity contribution in [1.82, 2.24) is 0 Å². The summed E-state index contributed by atoms with van der Waals surface area (Å²) in [4.78, 5) is 48.6. The van der Waals surface area contributed by atoms with Gasteiger partial charge in [-0.2, -0.15) is 0 Å². The number of carbonyl (C=O) groups is 3. The topological polar surface area (TPSA) is 116 Å². The SMILES string of the molecule is COc1ccc(C(=O)Nc2ccc3c(c2)C(=O)c2ccccc2C3=O)cc1[N+](=O)[O-]. The predicted octanol–water partition coefficient (Wildman–Crippen LogP) is 3.63. The molecule has 0 aromatic heterocycles. The molecule has 0 atom stereocenters. The zero-order valence-electron chi connectivity index (χ0n) is 15.7. The molecule has 1 aliphatic carbocycles. The molecule has 0 fully saturated rings. The van der Waals surface area contributed by atoms with Crippen molar-refractivity contribution in [2.45, 2.75) is 0 Å². The third-order valence-corrected chi connectivity index (χ3v) is 4.82. The summed E-state index contributed by atoms with van der Waals surface area (Å²) in [5, 5.41) is 13.8. The zero-order chi connectivity index (χ0) is 21.4. The van der Waals surface area contributed by atoms with Crippen LogP contribution in [0.2, 0.25) is 0 Å². The fraction of sp³-hybridized carbons (Fsp3) is 0.0455. The lowest BCUT2D eigenvalue weighted by molar-refractivity contribution is -0.385. The standard InChI is InChI=1S/C22H14N2O6/c1-30-19-9-6-12(10-18(19)24(28)29)22(27)23-13-7-8-16-17(11-13)21(26)15-5-3-2-4-14(15)20(16)25/h2-11H,1H3,(H,23,27). The largest absolute Gasteiger partial charge is 0.490 e. The Bertz CT molecular complexity index is 1250. The Morgan fingerprint density at radius 3 is 2.17 bits per heavy atom. The van der Waals surface area contributed by atoms with E-state index in [1.165, 1.54) is 37.4 Å². The van der Waals surface area contributed by atoms with Crippen molar-refractivity contribution in [2.75, 3.05) is 12.4 Å². The van der Waals surface area contributed by atoms with Gasteiger partial charge in [0.05, 0.1) is 12.0 Å². The van der Waals surface area contributed by atoms with Gasteiger partial charge in [-0.3, -0.25) is 24.5 Å². The average molecular weight is 402 g/mol. The van der Waals surface area contributed by atoms with Crippen LogP contribution in [0.3, 0.4) is 0 Å². The highest BCUT2D eigenvalue weighted by Gasteiger charge is 2.29. The number of ketones is 2. The Morgan fingerprint density at radius 1 is 0.900 bits per heavy atom. The second-order valence-corrected chi connectivity index (χ2v) is 6.56. The summed E-state index contributed by atoms with van der Waals surface area (Å²) >= 11 is 0. The molecule has 1 N–H and O–H groups in total. The Morgan fingerprint density at radius 2 is 1.53 bits per heavy atom. The van der Waals surface area contributed by atoms with E-state index in [-0.39, 0.29) is 45.4 Å². The first-order chi connectivity index (χ1) is 14.4. The number of amides is 1. The first-order valence-electron chi connectivity index (χ1n) is 8.87. The molecule has 0 spiro atoms. The molecule has 0 unspecified atom stereocenters. The van der Waals surface area contributed by atoms with E-state index in [9.17, 15) is 24.5 Å². The first kappa shape index (κ1) is 19.0. The molecular formula is C22H14N2O6. The molecule has 8 heteroatoms. The maximum absolute atomic E-state index is 12.8. The molecule has 4 rings (SSSR count). The number of ether oxygens (including phenoxy) is 1. The average Bonchev–Trinajstić information content (AvgIpc) is 2.76. The summed E-state index contributed by atoms with van der Waals surface area (Å²) in [5.41, 5.74) is 1.11. The van der Waals surface area contributed by atoms with Crippen LogP contribution in [0.4, 0.5) is 11.4 Å². The van der Waals surface area contributed by atoms with Crippen LogP contribution in [0.1, 0.15) is 42.2 Å². The number of nitrogens with one attached hydrogen (secondary N) is 1. The molecule has 0 heterocycles. The van der Waals surface area contributed by atoms with Crippen LogP contribution >= 0.6 is 0 Å². The summed E-state index contributed by atoms with van der Waals surface area (Å²) in [7, 11) is 1.30. The third kappa shape index (κ3) is 3.10. The van der Waals surface area contributed by atoms with Crippen molar-refractivity contribution in [3.63, 3.8) is 0 Å². The Balaban J connectivity index is 1.65. The van der Waals surface area contributed by atoms with E-state index < -0.39 is 10.8 Å². The fourth-order valence-corrected chi connectivity index (χ4v) is 3.35. The van der Waals surface area contributed by atoms with Gasteiger partial charge in [0, 0.05) is 39.6 Å².